The molecule has 2 aromatic rings. The monoisotopic (exact) mass is 258 g/mol. The molecule has 0 saturated heterocycles. The van der Waals surface area contributed by atoms with Gasteiger partial charge < -0.3 is 4.55 Å². The second-order valence-corrected chi connectivity index (χ2v) is 5.02. The lowest BCUT2D eigenvalue weighted by Crippen LogP contribution is -2.38. The Hall–Kier alpha value is -1.45. The third kappa shape index (κ3) is 2.78. The van der Waals surface area contributed by atoms with Crippen molar-refractivity contribution in [1.29, 1.82) is 0 Å². The second kappa shape index (κ2) is 4.20. The Morgan fingerprint density at radius 1 is 1.38 bits per heavy atom. The molecule has 9 heteroatoms. The molecule has 0 unspecified atom stereocenters. The highest BCUT2D eigenvalue weighted by Gasteiger charge is 2.15. The molecule has 0 bridgehead atoms. The summed E-state index contributed by atoms with van der Waals surface area (Å²) in [5.74, 6) is -0.238. The van der Waals surface area contributed by atoms with Crippen molar-refractivity contribution < 1.29 is 17.7 Å². The van der Waals surface area contributed by atoms with E-state index in [2.05, 4.69) is 14.5 Å². The lowest BCUT2D eigenvalue weighted by molar-refractivity contribution is -0.728. The minimum atomic E-state index is -4.33. The van der Waals surface area contributed by atoms with Crippen molar-refractivity contribution in [3.63, 3.8) is 0 Å². The zero-order chi connectivity index (χ0) is 11.6. The van der Waals surface area contributed by atoms with E-state index in [1.807, 2.05) is 0 Å². The topological polar surface area (TPSA) is 99.8 Å². The molecule has 2 heterocycles. The predicted molar refractivity (Wildman–Crippen MR) is 53.0 cm³/mol. The SMILES string of the molecule is O=S(=O)([O-])C[n+]1cc(-c2ncccn2)sn1. The van der Waals surface area contributed by atoms with E-state index in [9.17, 15) is 13.0 Å². The molecule has 2 rings (SSSR count). The van der Waals surface area contributed by atoms with Crippen LogP contribution in [-0.2, 0) is 16.0 Å². The predicted octanol–water partition coefficient (Wildman–Crippen LogP) is -0.610. The summed E-state index contributed by atoms with van der Waals surface area (Å²) in [7, 11) is -4.33. The van der Waals surface area contributed by atoms with Gasteiger partial charge in [0.25, 0.3) is 5.88 Å². The van der Waals surface area contributed by atoms with Gasteiger partial charge in [0, 0.05) is 23.9 Å². The number of hydrogen-bond donors (Lipinski definition) is 0. The maximum atomic E-state index is 10.5. The largest absolute Gasteiger partial charge is 0.743 e. The number of aromatic nitrogens is 4. The Bertz CT molecular complexity index is 581. The molecule has 2 aromatic heterocycles. The molecule has 0 N–H and O–H groups in total. The van der Waals surface area contributed by atoms with Crippen LogP contribution < -0.4 is 4.68 Å². The Morgan fingerprint density at radius 3 is 2.69 bits per heavy atom. The molecule has 0 saturated carbocycles. The van der Waals surface area contributed by atoms with Crippen LogP contribution in [0.5, 0.6) is 0 Å². The zero-order valence-electron chi connectivity index (χ0n) is 7.85. The van der Waals surface area contributed by atoms with Crippen LogP contribution in [0.2, 0.25) is 0 Å². The minimum absolute atomic E-state index is 0.446. The van der Waals surface area contributed by atoms with Crippen molar-refractivity contribution in [2.45, 2.75) is 5.88 Å². The van der Waals surface area contributed by atoms with Gasteiger partial charge in [-0.1, -0.05) is 4.68 Å². The van der Waals surface area contributed by atoms with Gasteiger partial charge in [-0.15, -0.1) is 0 Å². The van der Waals surface area contributed by atoms with Crippen molar-refractivity contribution >= 4 is 21.7 Å². The second-order valence-electron chi connectivity index (χ2n) is 2.86. The molecule has 0 atom stereocenters. The van der Waals surface area contributed by atoms with Gasteiger partial charge in [-0.25, -0.2) is 18.4 Å². The molecule has 0 aromatic carbocycles. The van der Waals surface area contributed by atoms with Crippen LogP contribution in [0, 0.1) is 0 Å². The van der Waals surface area contributed by atoms with E-state index in [4.69, 9.17) is 0 Å². The van der Waals surface area contributed by atoms with Crippen LogP contribution in [0.25, 0.3) is 10.7 Å². The smallest absolute Gasteiger partial charge is 0.263 e. The first-order valence-electron chi connectivity index (χ1n) is 4.12. The molecule has 0 aliphatic carbocycles. The summed E-state index contributed by atoms with van der Waals surface area (Å²) in [4.78, 5) is 8.56. The van der Waals surface area contributed by atoms with E-state index in [1.54, 1.807) is 18.5 Å². The molecule has 0 radical (unpaired) electrons. The zero-order valence-corrected chi connectivity index (χ0v) is 9.48. The van der Waals surface area contributed by atoms with Crippen LogP contribution in [0.15, 0.2) is 24.7 Å². The summed E-state index contributed by atoms with van der Waals surface area (Å²) in [6.07, 6.45) is 4.56. The summed E-state index contributed by atoms with van der Waals surface area (Å²) in [5.41, 5.74) is 0. The molecule has 0 fully saturated rings. The quantitative estimate of drug-likeness (QED) is 0.538. The highest BCUT2D eigenvalue weighted by Crippen LogP contribution is 2.14. The third-order valence-electron chi connectivity index (χ3n) is 1.59. The van der Waals surface area contributed by atoms with Crippen LogP contribution in [0.4, 0.5) is 0 Å². The van der Waals surface area contributed by atoms with Crippen molar-refractivity contribution in [1.82, 2.24) is 14.5 Å². The van der Waals surface area contributed by atoms with Gasteiger partial charge in [-0.3, -0.25) is 0 Å². The van der Waals surface area contributed by atoms with Gasteiger partial charge in [0.2, 0.25) is 6.20 Å². The molecular weight excluding hydrogens is 252 g/mol. The summed E-state index contributed by atoms with van der Waals surface area (Å²) >= 11 is 1.03. The fourth-order valence-corrected chi connectivity index (χ4v) is 2.21. The number of hydrogen-bond acceptors (Lipinski definition) is 7. The Morgan fingerprint density at radius 2 is 2.06 bits per heavy atom. The standard InChI is InChI=1S/C7H6N4O3S2/c12-16(13,14)5-11-4-6(15-10-11)7-8-2-1-3-9-7/h1-4H,5H2. The Labute approximate surface area is 95.3 Å². The van der Waals surface area contributed by atoms with E-state index < -0.39 is 16.0 Å². The lowest BCUT2D eigenvalue weighted by Gasteiger charge is -1.97. The van der Waals surface area contributed by atoms with E-state index in [1.165, 1.54) is 6.20 Å². The van der Waals surface area contributed by atoms with Gasteiger partial charge >= 0.3 is 0 Å². The summed E-state index contributed by atoms with van der Waals surface area (Å²) in [5, 5.41) is 0. The first kappa shape index (κ1) is 11.0. The highest BCUT2D eigenvalue weighted by molar-refractivity contribution is 7.84. The van der Waals surface area contributed by atoms with Crippen molar-refractivity contribution in [3.05, 3.63) is 24.7 Å². The fourth-order valence-electron chi connectivity index (χ4n) is 1.03. The molecular formula is C7H6N4O3S2. The molecule has 0 amide bonds. The van der Waals surface area contributed by atoms with E-state index in [0.717, 1.165) is 16.2 Å². The van der Waals surface area contributed by atoms with Crippen molar-refractivity contribution in [3.8, 4) is 10.7 Å². The van der Waals surface area contributed by atoms with Crippen LogP contribution >= 0.6 is 11.5 Å². The van der Waals surface area contributed by atoms with Crippen molar-refractivity contribution in [2.75, 3.05) is 0 Å². The minimum Gasteiger partial charge on any atom is -0.743 e. The van der Waals surface area contributed by atoms with Crippen LogP contribution in [0.3, 0.4) is 0 Å². The van der Waals surface area contributed by atoms with E-state index in [-0.39, 0.29) is 0 Å². The van der Waals surface area contributed by atoms with E-state index in [0.29, 0.717) is 10.7 Å². The average molecular weight is 258 g/mol. The van der Waals surface area contributed by atoms with Crippen molar-refractivity contribution in [2.24, 2.45) is 0 Å². The number of nitrogens with zero attached hydrogens (tertiary/aromatic N) is 4. The summed E-state index contributed by atoms with van der Waals surface area (Å²) in [6, 6.07) is 1.67. The maximum Gasteiger partial charge on any atom is 0.263 e. The van der Waals surface area contributed by atoms with Crippen LogP contribution in [0.1, 0.15) is 0 Å². The maximum absolute atomic E-state index is 10.5. The van der Waals surface area contributed by atoms with Crippen LogP contribution in [-0.4, -0.2) is 27.4 Å². The Kier molecular flexibility index (Phi) is 2.90. The normalized spacial score (nSPS) is 11.6. The molecule has 0 aliphatic rings. The van der Waals surface area contributed by atoms with Gasteiger partial charge in [0.05, 0.1) is 4.49 Å². The average Bonchev–Trinajstić information content (AvgIpc) is 2.65. The van der Waals surface area contributed by atoms with Gasteiger partial charge in [0.1, 0.15) is 0 Å². The van der Waals surface area contributed by atoms with Gasteiger partial charge in [-0.05, 0) is 6.07 Å². The Balaban J connectivity index is 2.27. The van der Waals surface area contributed by atoms with Gasteiger partial charge in [-0.2, -0.15) is 0 Å². The lowest BCUT2D eigenvalue weighted by atomic mass is 10.5. The van der Waals surface area contributed by atoms with E-state index >= 15 is 0 Å². The molecule has 84 valence electrons. The molecule has 7 nitrogen and oxygen atoms in total. The third-order valence-corrected chi connectivity index (χ3v) is 2.94. The van der Waals surface area contributed by atoms with Gasteiger partial charge in [0.15, 0.2) is 20.8 Å². The molecule has 0 spiro atoms. The summed E-state index contributed by atoms with van der Waals surface area (Å²) in [6.45, 7) is 0. The molecule has 0 aliphatic heterocycles. The number of rotatable bonds is 3. The molecule has 16 heavy (non-hydrogen) atoms. The highest BCUT2D eigenvalue weighted by atomic mass is 32.2. The first-order valence-corrected chi connectivity index (χ1v) is 6.47. The first-order chi connectivity index (χ1) is 7.54. The fraction of sp³-hybridized carbons (Fsp3) is 0.143. The summed E-state index contributed by atoms with van der Waals surface area (Å²) < 4.78 is 36.3.